The summed E-state index contributed by atoms with van der Waals surface area (Å²) in [6, 6.07) is 10.6. The van der Waals surface area contributed by atoms with Crippen LogP contribution in [0.5, 0.6) is 0 Å². The summed E-state index contributed by atoms with van der Waals surface area (Å²) in [6.45, 7) is 9.42. The number of hydrogen-bond donors (Lipinski definition) is 1. The molecule has 168 valence electrons. The van der Waals surface area contributed by atoms with Crippen LogP contribution < -0.4 is 5.32 Å². The summed E-state index contributed by atoms with van der Waals surface area (Å²) >= 11 is 0. The van der Waals surface area contributed by atoms with Gasteiger partial charge in [-0.15, -0.1) is 0 Å². The van der Waals surface area contributed by atoms with Gasteiger partial charge in [0.2, 0.25) is 5.91 Å². The first-order chi connectivity index (χ1) is 15.2. The zero-order valence-electron chi connectivity index (χ0n) is 18.6. The summed E-state index contributed by atoms with van der Waals surface area (Å²) < 4.78 is 11.5. The van der Waals surface area contributed by atoms with Crippen LogP contribution in [0.25, 0.3) is 11.0 Å². The maximum atomic E-state index is 13.7. The standard InChI is InChI=1S/C25H35N3O3/c1-2-27-10-8-20-16-21(28-11-13-30-14-12-28)7-9-25(20,18-27)24(29)26-17-22-15-19-5-3-4-6-23(19)31-22/h3-6,15,20-21H,2,7-14,16-18H2,1H3,(H,26,29)/t20-,21+,25-/m1/s1. The van der Waals surface area contributed by atoms with Crippen molar-refractivity contribution in [3.8, 4) is 0 Å². The zero-order chi connectivity index (χ0) is 21.3. The highest BCUT2D eigenvalue weighted by atomic mass is 16.5. The molecule has 1 N–H and O–H groups in total. The van der Waals surface area contributed by atoms with Gasteiger partial charge in [0.05, 0.1) is 25.2 Å². The molecule has 2 saturated heterocycles. The van der Waals surface area contributed by atoms with Crippen molar-refractivity contribution in [2.45, 2.75) is 45.2 Å². The van der Waals surface area contributed by atoms with Crippen LogP contribution in [-0.4, -0.2) is 67.7 Å². The molecule has 0 bridgehead atoms. The van der Waals surface area contributed by atoms with Crippen LogP contribution in [0, 0.1) is 11.3 Å². The van der Waals surface area contributed by atoms with E-state index in [4.69, 9.17) is 9.15 Å². The maximum absolute atomic E-state index is 13.7. The lowest BCUT2D eigenvalue weighted by Gasteiger charge is -2.53. The average Bonchev–Trinajstić information content (AvgIpc) is 3.25. The van der Waals surface area contributed by atoms with E-state index in [1.165, 1.54) is 0 Å². The van der Waals surface area contributed by atoms with Crippen LogP contribution in [0.1, 0.15) is 38.4 Å². The number of hydrogen-bond acceptors (Lipinski definition) is 5. The van der Waals surface area contributed by atoms with E-state index in [1.54, 1.807) is 0 Å². The van der Waals surface area contributed by atoms with Crippen molar-refractivity contribution in [3.05, 3.63) is 36.1 Å². The number of likely N-dealkylation sites (tertiary alicyclic amines) is 1. The number of carbonyl (C=O) groups is 1. The van der Waals surface area contributed by atoms with Crippen LogP contribution in [0.15, 0.2) is 34.7 Å². The van der Waals surface area contributed by atoms with Crippen LogP contribution in [0.3, 0.4) is 0 Å². The Morgan fingerprint density at radius 2 is 2.03 bits per heavy atom. The summed E-state index contributed by atoms with van der Waals surface area (Å²) in [6.07, 6.45) is 4.33. The third kappa shape index (κ3) is 4.13. The lowest BCUT2D eigenvalue weighted by atomic mass is 9.61. The first kappa shape index (κ1) is 21.0. The van der Waals surface area contributed by atoms with Crippen molar-refractivity contribution in [1.29, 1.82) is 0 Å². The molecule has 3 fully saturated rings. The quantitative estimate of drug-likeness (QED) is 0.797. The number of fused-ring (bicyclic) bond motifs is 2. The highest BCUT2D eigenvalue weighted by molar-refractivity contribution is 5.84. The van der Waals surface area contributed by atoms with E-state index in [1.807, 2.05) is 30.3 Å². The number of piperidine rings is 1. The molecule has 0 spiro atoms. The highest BCUT2D eigenvalue weighted by Gasteiger charge is 2.52. The molecule has 1 aromatic heterocycles. The van der Waals surface area contributed by atoms with Gasteiger partial charge in [0.25, 0.3) is 0 Å². The smallest absolute Gasteiger partial charge is 0.228 e. The molecule has 3 aliphatic rings. The second-order valence-electron chi connectivity index (χ2n) is 9.52. The van der Waals surface area contributed by atoms with Crippen molar-refractivity contribution in [2.24, 2.45) is 11.3 Å². The van der Waals surface area contributed by atoms with Gasteiger partial charge in [-0.2, -0.15) is 0 Å². The Labute approximate surface area is 184 Å². The molecule has 2 aliphatic heterocycles. The SMILES string of the molecule is CCN1CC[C@@H]2C[C@@H](N3CCOCC3)CC[C@@]2(C(=O)NCc2cc3ccccc3o2)C1. The van der Waals surface area contributed by atoms with E-state index < -0.39 is 0 Å². The summed E-state index contributed by atoms with van der Waals surface area (Å²) in [4.78, 5) is 18.7. The van der Waals surface area contributed by atoms with Crippen LogP contribution in [0.4, 0.5) is 0 Å². The van der Waals surface area contributed by atoms with Crippen molar-refractivity contribution in [2.75, 3.05) is 45.9 Å². The largest absolute Gasteiger partial charge is 0.459 e. The molecule has 31 heavy (non-hydrogen) atoms. The minimum atomic E-state index is -0.275. The van der Waals surface area contributed by atoms with Crippen LogP contribution >= 0.6 is 0 Å². The topological polar surface area (TPSA) is 58.0 Å². The molecule has 1 aliphatic carbocycles. The molecular formula is C25H35N3O3. The number of rotatable bonds is 5. The molecular weight excluding hydrogens is 390 g/mol. The number of morpholine rings is 1. The fraction of sp³-hybridized carbons (Fsp3) is 0.640. The number of carbonyl (C=O) groups excluding carboxylic acids is 1. The molecule has 0 radical (unpaired) electrons. The van der Waals surface area contributed by atoms with Crippen molar-refractivity contribution in [1.82, 2.24) is 15.1 Å². The van der Waals surface area contributed by atoms with Crippen molar-refractivity contribution in [3.63, 3.8) is 0 Å². The van der Waals surface area contributed by atoms with E-state index in [2.05, 4.69) is 22.0 Å². The van der Waals surface area contributed by atoms with E-state index in [9.17, 15) is 4.79 Å². The van der Waals surface area contributed by atoms with Gasteiger partial charge in [-0.1, -0.05) is 25.1 Å². The van der Waals surface area contributed by atoms with Crippen LogP contribution in [-0.2, 0) is 16.1 Å². The van der Waals surface area contributed by atoms with Gasteiger partial charge in [-0.25, -0.2) is 0 Å². The molecule has 6 heteroatoms. The van der Waals surface area contributed by atoms with E-state index in [0.29, 0.717) is 18.5 Å². The Kier molecular flexibility index (Phi) is 6.04. The Hall–Kier alpha value is -1.89. The molecule has 2 aromatic rings. The monoisotopic (exact) mass is 425 g/mol. The van der Waals surface area contributed by atoms with E-state index >= 15 is 0 Å². The molecule has 1 amide bonds. The molecule has 5 rings (SSSR count). The Balaban J connectivity index is 1.30. The second-order valence-corrected chi connectivity index (χ2v) is 9.52. The summed E-state index contributed by atoms with van der Waals surface area (Å²) in [5.74, 6) is 1.50. The molecule has 1 saturated carbocycles. The molecule has 1 aromatic carbocycles. The Morgan fingerprint density at radius 1 is 1.19 bits per heavy atom. The first-order valence-corrected chi connectivity index (χ1v) is 12.0. The van der Waals surface area contributed by atoms with Crippen molar-refractivity contribution >= 4 is 16.9 Å². The number of amides is 1. The molecule has 3 heterocycles. The predicted octanol–water partition coefficient (Wildman–Crippen LogP) is 3.26. The number of nitrogens with zero attached hydrogens (tertiary/aromatic N) is 2. The maximum Gasteiger partial charge on any atom is 0.228 e. The van der Waals surface area contributed by atoms with Gasteiger partial charge < -0.3 is 19.4 Å². The molecule has 3 atom stereocenters. The fourth-order valence-electron chi connectivity index (χ4n) is 6.10. The number of benzene rings is 1. The van der Waals surface area contributed by atoms with E-state index in [-0.39, 0.29) is 11.3 Å². The molecule has 0 unspecified atom stereocenters. The lowest BCUT2D eigenvalue weighted by molar-refractivity contribution is -0.145. The molecule has 6 nitrogen and oxygen atoms in total. The minimum Gasteiger partial charge on any atom is -0.459 e. The van der Waals surface area contributed by atoms with Crippen LogP contribution in [0.2, 0.25) is 0 Å². The fourth-order valence-corrected chi connectivity index (χ4v) is 6.10. The van der Waals surface area contributed by atoms with Gasteiger partial charge in [-0.05, 0) is 56.8 Å². The highest BCUT2D eigenvalue weighted by Crippen LogP contribution is 2.48. The summed E-state index contributed by atoms with van der Waals surface area (Å²) in [7, 11) is 0. The van der Waals surface area contributed by atoms with Crippen molar-refractivity contribution < 1.29 is 13.9 Å². The number of ether oxygens (including phenoxy) is 1. The summed E-state index contributed by atoms with van der Waals surface area (Å²) in [5.41, 5.74) is 0.604. The van der Waals surface area contributed by atoms with Gasteiger partial charge in [0.15, 0.2) is 0 Å². The third-order valence-electron chi connectivity index (χ3n) is 7.92. The number of nitrogens with one attached hydrogen (secondary N) is 1. The average molecular weight is 426 g/mol. The number of furan rings is 1. The number of para-hydroxylation sites is 1. The zero-order valence-corrected chi connectivity index (χ0v) is 18.6. The van der Waals surface area contributed by atoms with Gasteiger partial charge in [-0.3, -0.25) is 9.69 Å². The minimum absolute atomic E-state index is 0.219. The third-order valence-corrected chi connectivity index (χ3v) is 7.92. The Bertz CT molecular complexity index is 873. The second kappa shape index (κ2) is 8.93. The normalized spacial score (nSPS) is 30.2. The van der Waals surface area contributed by atoms with Gasteiger partial charge in [0.1, 0.15) is 11.3 Å². The lowest BCUT2D eigenvalue weighted by Crippen LogP contribution is -2.60. The first-order valence-electron chi connectivity index (χ1n) is 12.0. The Morgan fingerprint density at radius 3 is 2.84 bits per heavy atom. The van der Waals surface area contributed by atoms with Gasteiger partial charge >= 0.3 is 0 Å². The van der Waals surface area contributed by atoms with E-state index in [0.717, 1.165) is 88.4 Å². The summed E-state index contributed by atoms with van der Waals surface area (Å²) in [5, 5.41) is 4.35. The predicted molar refractivity (Wildman–Crippen MR) is 121 cm³/mol. The van der Waals surface area contributed by atoms with Gasteiger partial charge in [0, 0.05) is 31.1 Å².